The third-order valence-electron chi connectivity index (χ3n) is 6.60. The van der Waals surface area contributed by atoms with Crippen molar-refractivity contribution >= 4 is 28.1 Å². The number of aliphatic hydroxyl groups is 4. The average molecular weight is 532 g/mol. The average Bonchev–Trinajstić information content (AvgIpc) is 3.67. The number of hydrogen-bond donors (Lipinski definition) is 6. The summed E-state index contributed by atoms with van der Waals surface area (Å²) in [5, 5.41) is 37.4. The zero-order valence-electron chi connectivity index (χ0n) is 20.2. The number of fused-ring (bicyclic) bond motifs is 2. The first-order valence-electron chi connectivity index (χ1n) is 12.1. The van der Waals surface area contributed by atoms with Crippen LogP contribution < -0.4 is 11.3 Å². The maximum atomic E-state index is 11.5. The van der Waals surface area contributed by atoms with E-state index in [1.54, 1.807) is 10.9 Å². The number of rotatable bonds is 6. The molecule has 2 aliphatic heterocycles. The van der Waals surface area contributed by atoms with Crippen LogP contribution in [0.25, 0.3) is 22.3 Å². The Labute approximate surface area is 214 Å². The highest BCUT2D eigenvalue weighted by atomic mass is 16.5. The van der Waals surface area contributed by atoms with Crippen molar-refractivity contribution < 1.29 is 29.9 Å². The Balaban J connectivity index is 0.000000155. The van der Waals surface area contributed by atoms with Gasteiger partial charge in [0.1, 0.15) is 24.1 Å². The number of anilines is 1. The molecule has 16 heteroatoms. The molecule has 0 saturated carbocycles. The lowest BCUT2D eigenvalue weighted by Crippen LogP contribution is -2.24. The lowest BCUT2D eigenvalue weighted by molar-refractivity contribution is -0.0255. The van der Waals surface area contributed by atoms with E-state index >= 15 is 0 Å². The Kier molecular flexibility index (Phi) is 7.59. The summed E-state index contributed by atoms with van der Waals surface area (Å²) >= 11 is 0. The van der Waals surface area contributed by atoms with Crippen LogP contribution in [0.2, 0.25) is 0 Å². The molecule has 4 aromatic heterocycles. The van der Waals surface area contributed by atoms with Gasteiger partial charge < -0.3 is 49.8 Å². The fourth-order valence-electron chi connectivity index (χ4n) is 4.69. The monoisotopic (exact) mass is 531 g/mol. The maximum absolute atomic E-state index is 11.5. The van der Waals surface area contributed by atoms with E-state index < -0.39 is 24.4 Å². The minimum Gasteiger partial charge on any atom is -0.394 e. The van der Waals surface area contributed by atoms with Gasteiger partial charge in [-0.25, -0.2) is 24.9 Å². The lowest BCUT2D eigenvalue weighted by Gasteiger charge is -2.12. The van der Waals surface area contributed by atoms with Gasteiger partial charge in [-0.2, -0.15) is 0 Å². The third kappa shape index (κ3) is 5.22. The van der Waals surface area contributed by atoms with Gasteiger partial charge in [0.05, 0.1) is 69.7 Å². The molecule has 0 aliphatic carbocycles. The van der Waals surface area contributed by atoms with E-state index in [4.69, 9.17) is 25.4 Å². The molecule has 6 heterocycles. The van der Waals surface area contributed by atoms with Crippen LogP contribution in [0, 0.1) is 0 Å². The molecule has 2 aliphatic rings. The highest BCUT2D eigenvalue weighted by molar-refractivity contribution is 5.81. The summed E-state index contributed by atoms with van der Waals surface area (Å²) < 4.78 is 14.6. The summed E-state index contributed by atoms with van der Waals surface area (Å²) in [6, 6.07) is 0. The number of H-pyrrole nitrogens is 1. The molecule has 7 N–H and O–H groups in total. The Morgan fingerprint density at radius 3 is 1.97 bits per heavy atom. The van der Waals surface area contributed by atoms with Gasteiger partial charge in [-0.15, -0.1) is 0 Å². The van der Waals surface area contributed by atoms with Gasteiger partial charge in [-0.1, -0.05) is 0 Å². The van der Waals surface area contributed by atoms with Crippen LogP contribution in [0.1, 0.15) is 12.8 Å². The molecule has 0 bridgehead atoms. The van der Waals surface area contributed by atoms with Gasteiger partial charge in [-0.05, 0) is 0 Å². The van der Waals surface area contributed by atoms with Crippen molar-refractivity contribution in [2.24, 2.45) is 0 Å². The lowest BCUT2D eigenvalue weighted by atomic mass is 10.1. The molecule has 6 atom stereocenters. The van der Waals surface area contributed by atoms with Crippen molar-refractivity contribution in [1.29, 1.82) is 0 Å². The summed E-state index contributed by atoms with van der Waals surface area (Å²) in [6.07, 6.45) is 4.00. The van der Waals surface area contributed by atoms with E-state index in [-0.39, 0.29) is 36.5 Å². The smallest absolute Gasteiger partial charge is 0.278 e. The molecule has 2 saturated heterocycles. The Hall–Kier alpha value is -3.54. The molecule has 2 fully saturated rings. The molecule has 6 unspecified atom stereocenters. The van der Waals surface area contributed by atoms with Crippen LogP contribution in [0.15, 0.2) is 30.1 Å². The van der Waals surface area contributed by atoms with E-state index in [0.29, 0.717) is 48.6 Å². The highest BCUT2D eigenvalue weighted by Crippen LogP contribution is 2.24. The zero-order chi connectivity index (χ0) is 26.8. The van der Waals surface area contributed by atoms with Crippen LogP contribution in [0.3, 0.4) is 0 Å². The molecular weight excluding hydrogens is 502 g/mol. The van der Waals surface area contributed by atoms with Crippen molar-refractivity contribution in [2.75, 3.05) is 18.9 Å². The molecule has 38 heavy (non-hydrogen) atoms. The molecule has 6 rings (SSSR count). The Morgan fingerprint density at radius 1 is 0.868 bits per heavy atom. The number of aromatic nitrogens is 8. The number of nitrogens with two attached hydrogens (primary N) is 1. The van der Waals surface area contributed by atoms with E-state index in [1.807, 2.05) is 4.57 Å². The largest absolute Gasteiger partial charge is 0.394 e. The van der Waals surface area contributed by atoms with Crippen LogP contribution >= 0.6 is 0 Å². The minimum absolute atomic E-state index is 0.180. The van der Waals surface area contributed by atoms with Crippen molar-refractivity contribution in [1.82, 2.24) is 39.0 Å². The van der Waals surface area contributed by atoms with Crippen molar-refractivity contribution in [2.45, 2.75) is 62.6 Å². The van der Waals surface area contributed by atoms with E-state index in [1.165, 1.54) is 19.0 Å². The summed E-state index contributed by atoms with van der Waals surface area (Å²) in [5.41, 5.74) is 7.38. The third-order valence-corrected chi connectivity index (χ3v) is 6.60. The highest BCUT2D eigenvalue weighted by Gasteiger charge is 2.34. The first kappa shape index (κ1) is 26.1. The van der Waals surface area contributed by atoms with Crippen LogP contribution in [-0.4, -0.2) is 109 Å². The quantitative estimate of drug-likeness (QED) is 0.152. The van der Waals surface area contributed by atoms with Crippen LogP contribution in [0.5, 0.6) is 0 Å². The number of nitrogens with zero attached hydrogens (tertiary/aromatic N) is 7. The summed E-state index contributed by atoms with van der Waals surface area (Å²) in [4.78, 5) is 34.2. The predicted molar refractivity (Wildman–Crippen MR) is 131 cm³/mol. The summed E-state index contributed by atoms with van der Waals surface area (Å²) in [7, 11) is 0. The second-order valence-corrected chi connectivity index (χ2v) is 9.19. The zero-order valence-corrected chi connectivity index (χ0v) is 20.2. The molecular formula is C22H29N9O7. The van der Waals surface area contributed by atoms with Crippen molar-refractivity contribution in [3.8, 4) is 0 Å². The number of nitrogens with one attached hydrogen (secondary N) is 1. The molecule has 0 aromatic carbocycles. The van der Waals surface area contributed by atoms with Gasteiger partial charge in [0, 0.05) is 12.8 Å². The number of aliphatic hydroxyl groups excluding tert-OH is 4. The Bertz CT molecular complexity index is 1440. The second-order valence-electron chi connectivity index (χ2n) is 9.19. The number of aromatic amines is 1. The first-order chi connectivity index (χ1) is 18.4. The van der Waals surface area contributed by atoms with Crippen molar-refractivity contribution in [3.63, 3.8) is 0 Å². The summed E-state index contributed by atoms with van der Waals surface area (Å²) in [5.74, 6) is 0.337. The first-order valence-corrected chi connectivity index (χ1v) is 12.1. The fraction of sp³-hybridized carbons (Fsp3) is 0.545. The van der Waals surface area contributed by atoms with Gasteiger partial charge in [0.2, 0.25) is 0 Å². The number of imidazole rings is 2. The van der Waals surface area contributed by atoms with Crippen LogP contribution in [0.4, 0.5) is 5.82 Å². The fourth-order valence-corrected chi connectivity index (χ4v) is 4.69. The molecule has 0 spiro atoms. The van der Waals surface area contributed by atoms with Crippen molar-refractivity contribution in [3.05, 3.63) is 35.7 Å². The minimum atomic E-state index is -0.666. The number of ether oxygens (including phenoxy) is 2. The van der Waals surface area contributed by atoms with E-state index in [2.05, 4.69) is 29.9 Å². The van der Waals surface area contributed by atoms with Gasteiger partial charge in [0.25, 0.3) is 5.56 Å². The standard InChI is InChI=1S/C11H15N5O3.C11H14N4O4/c12-10-9-11(14-4-13-10)16(5-15-9)2-6-1-7(18)8(3-17)19-6;16-3-8-7(17)1-6(19-8)2-15-5-14-9-10(15)12-4-13-11(9)18/h4-8,17-18H,1-3H2,(H2,12,13,14);4-8,16-17H,1-3H2,(H,12,13,18). The molecule has 16 nitrogen and oxygen atoms in total. The van der Waals surface area contributed by atoms with E-state index in [9.17, 15) is 15.0 Å². The maximum Gasteiger partial charge on any atom is 0.278 e. The van der Waals surface area contributed by atoms with Crippen LogP contribution in [-0.2, 0) is 22.6 Å². The summed E-state index contributed by atoms with van der Waals surface area (Å²) in [6.45, 7) is 0.540. The SMILES string of the molecule is Nc1ncnc2c1ncn2CC1CC(O)C(CO)O1.O=c1[nH]cnc2c1ncn2CC1CC(O)C(CO)O1. The predicted octanol–water partition coefficient (Wildman–Crippen LogP) is -2.45. The van der Waals surface area contributed by atoms with Gasteiger partial charge >= 0.3 is 0 Å². The number of nitrogen functional groups attached to an aromatic ring is 1. The molecule has 4 aromatic rings. The van der Waals surface area contributed by atoms with E-state index in [0.717, 1.165) is 0 Å². The molecule has 204 valence electrons. The Morgan fingerprint density at radius 2 is 1.42 bits per heavy atom. The topological polar surface area (TPSA) is 233 Å². The number of hydrogen-bond acceptors (Lipinski definition) is 13. The normalized spacial score (nSPS) is 27.2. The molecule has 0 radical (unpaired) electrons. The second kappa shape index (κ2) is 11.1. The van der Waals surface area contributed by atoms with Gasteiger partial charge in [-0.3, -0.25) is 4.79 Å². The van der Waals surface area contributed by atoms with Gasteiger partial charge in [0.15, 0.2) is 22.6 Å². The molecule has 0 amide bonds.